The molecule has 0 aliphatic carbocycles. The van der Waals surface area contributed by atoms with Crippen molar-refractivity contribution in [2.24, 2.45) is 0 Å². The first-order valence-corrected chi connectivity index (χ1v) is 9.12. The first-order chi connectivity index (χ1) is 13.4. The van der Waals surface area contributed by atoms with Gasteiger partial charge in [0.15, 0.2) is 0 Å². The lowest BCUT2D eigenvalue weighted by atomic mass is 10.1. The van der Waals surface area contributed by atoms with Crippen molar-refractivity contribution in [2.45, 2.75) is 20.0 Å². The minimum absolute atomic E-state index is 0.00291. The predicted molar refractivity (Wildman–Crippen MR) is 102 cm³/mol. The molecule has 0 saturated heterocycles. The maximum absolute atomic E-state index is 12.0. The number of nitrogens with two attached hydrogens (primary N) is 1. The van der Waals surface area contributed by atoms with Crippen LogP contribution in [0.5, 0.6) is 5.75 Å². The number of ether oxygens (including phenoxy) is 4. The summed E-state index contributed by atoms with van der Waals surface area (Å²) in [7, 11) is 2.39. The molecule has 0 aliphatic heterocycles. The summed E-state index contributed by atoms with van der Waals surface area (Å²) < 4.78 is 20.1. The van der Waals surface area contributed by atoms with E-state index < -0.39 is 17.9 Å². The zero-order chi connectivity index (χ0) is 20.7. The molecule has 2 rings (SSSR count). The molecule has 0 saturated carbocycles. The number of benzene rings is 1. The Balaban J connectivity index is 2.02. The zero-order valence-corrected chi connectivity index (χ0v) is 16.6. The Hall–Kier alpha value is -3.07. The maximum Gasteiger partial charge on any atom is 0.348 e. The highest BCUT2D eigenvalue weighted by Gasteiger charge is 2.28. The number of hydrogen-bond acceptors (Lipinski definition) is 9. The van der Waals surface area contributed by atoms with Gasteiger partial charge in [0.2, 0.25) is 0 Å². The summed E-state index contributed by atoms with van der Waals surface area (Å²) in [5, 5.41) is 0.0844. The monoisotopic (exact) mass is 407 g/mol. The van der Waals surface area contributed by atoms with Gasteiger partial charge in [0.05, 0.1) is 27.2 Å². The van der Waals surface area contributed by atoms with Crippen LogP contribution in [0, 0.1) is 6.92 Å². The predicted octanol–water partition coefficient (Wildman–Crippen LogP) is 2.72. The molecule has 1 aromatic carbocycles. The van der Waals surface area contributed by atoms with Gasteiger partial charge < -0.3 is 24.7 Å². The van der Waals surface area contributed by atoms with Crippen LogP contribution in [-0.4, -0.2) is 38.7 Å². The van der Waals surface area contributed by atoms with Gasteiger partial charge in [0.1, 0.15) is 27.8 Å². The standard InChI is InChI=1S/C19H21NO7S/c1-11-6-4-5-7-13(11)26-9-8-14(21)27-10-12-15(18(22)24-2)17(20)28-16(12)19(23)25-3/h4-7H,8-10,20H2,1-3H3. The number of rotatable bonds is 8. The van der Waals surface area contributed by atoms with Crippen molar-refractivity contribution in [1.29, 1.82) is 0 Å². The second kappa shape index (κ2) is 9.75. The molecule has 0 bridgehead atoms. The van der Waals surface area contributed by atoms with E-state index in [1.165, 1.54) is 14.2 Å². The van der Waals surface area contributed by atoms with E-state index in [4.69, 9.17) is 24.7 Å². The Labute approximate surface area is 166 Å². The molecule has 2 aromatic rings. The highest BCUT2D eigenvalue weighted by Crippen LogP contribution is 2.33. The normalized spacial score (nSPS) is 10.2. The Bertz CT molecular complexity index is 875. The summed E-state index contributed by atoms with van der Waals surface area (Å²) in [5.74, 6) is -1.27. The Kier molecular flexibility index (Phi) is 7.39. The molecule has 2 N–H and O–H groups in total. The van der Waals surface area contributed by atoms with Crippen LogP contribution >= 0.6 is 11.3 Å². The van der Waals surface area contributed by atoms with Crippen LogP contribution in [0.1, 0.15) is 37.6 Å². The lowest BCUT2D eigenvalue weighted by Crippen LogP contribution is -2.14. The molecule has 1 aromatic heterocycles. The van der Waals surface area contributed by atoms with E-state index in [2.05, 4.69) is 0 Å². The third-order valence-corrected chi connectivity index (χ3v) is 4.87. The van der Waals surface area contributed by atoms with Crippen molar-refractivity contribution >= 4 is 34.2 Å². The second-order valence-electron chi connectivity index (χ2n) is 5.66. The lowest BCUT2D eigenvalue weighted by molar-refractivity contribution is -0.145. The number of carbonyl (C=O) groups excluding carboxylic acids is 3. The third-order valence-electron chi connectivity index (χ3n) is 3.83. The van der Waals surface area contributed by atoms with E-state index in [9.17, 15) is 14.4 Å². The Morgan fingerprint density at radius 3 is 2.39 bits per heavy atom. The minimum Gasteiger partial charge on any atom is -0.493 e. The SMILES string of the molecule is COC(=O)c1sc(N)c(C(=O)OC)c1COC(=O)CCOc1ccccc1C. The summed E-state index contributed by atoms with van der Waals surface area (Å²) in [6.07, 6.45) is -0.00489. The van der Waals surface area contributed by atoms with Gasteiger partial charge in [-0.2, -0.15) is 0 Å². The first-order valence-electron chi connectivity index (χ1n) is 8.30. The van der Waals surface area contributed by atoms with E-state index in [0.717, 1.165) is 16.9 Å². The largest absolute Gasteiger partial charge is 0.493 e. The van der Waals surface area contributed by atoms with Crippen molar-refractivity contribution in [2.75, 3.05) is 26.6 Å². The number of nitrogen functional groups attached to an aromatic ring is 1. The first kappa shape index (κ1) is 21.2. The summed E-state index contributed by atoms with van der Waals surface area (Å²) in [4.78, 5) is 36.0. The minimum atomic E-state index is -0.724. The fourth-order valence-electron chi connectivity index (χ4n) is 2.39. The fraction of sp³-hybridized carbons (Fsp3) is 0.316. The molecule has 28 heavy (non-hydrogen) atoms. The molecule has 0 aliphatic rings. The topological polar surface area (TPSA) is 114 Å². The van der Waals surface area contributed by atoms with Gasteiger partial charge >= 0.3 is 17.9 Å². The van der Waals surface area contributed by atoms with E-state index in [1.807, 2.05) is 25.1 Å². The Morgan fingerprint density at radius 1 is 1.07 bits per heavy atom. The average Bonchev–Trinajstić information content (AvgIpc) is 3.02. The molecule has 1 heterocycles. The van der Waals surface area contributed by atoms with Gasteiger partial charge in [-0.1, -0.05) is 18.2 Å². The van der Waals surface area contributed by atoms with Gasteiger partial charge in [-0.25, -0.2) is 9.59 Å². The van der Waals surface area contributed by atoms with Gasteiger partial charge in [0, 0.05) is 5.56 Å². The van der Waals surface area contributed by atoms with Crippen LogP contribution in [0.25, 0.3) is 0 Å². The van der Waals surface area contributed by atoms with Crippen molar-refractivity contribution in [3.8, 4) is 5.75 Å². The number of anilines is 1. The summed E-state index contributed by atoms with van der Waals surface area (Å²) >= 11 is 0.872. The van der Waals surface area contributed by atoms with Crippen LogP contribution in [-0.2, 0) is 25.6 Å². The highest BCUT2D eigenvalue weighted by molar-refractivity contribution is 7.18. The van der Waals surface area contributed by atoms with E-state index >= 15 is 0 Å². The molecule has 8 nitrogen and oxygen atoms in total. The molecule has 0 unspecified atom stereocenters. The molecule has 150 valence electrons. The highest BCUT2D eigenvalue weighted by atomic mass is 32.1. The van der Waals surface area contributed by atoms with Gasteiger partial charge in [0.25, 0.3) is 0 Å². The lowest BCUT2D eigenvalue weighted by Gasteiger charge is -2.10. The van der Waals surface area contributed by atoms with Gasteiger partial charge in [-0.15, -0.1) is 11.3 Å². The molecular weight excluding hydrogens is 386 g/mol. The van der Waals surface area contributed by atoms with E-state index in [-0.39, 0.29) is 40.6 Å². The van der Waals surface area contributed by atoms with Crippen molar-refractivity contribution in [3.05, 3.63) is 45.8 Å². The van der Waals surface area contributed by atoms with Crippen molar-refractivity contribution in [1.82, 2.24) is 0 Å². The van der Waals surface area contributed by atoms with Crippen molar-refractivity contribution in [3.63, 3.8) is 0 Å². The van der Waals surface area contributed by atoms with Crippen LogP contribution in [0.2, 0.25) is 0 Å². The zero-order valence-electron chi connectivity index (χ0n) is 15.8. The maximum atomic E-state index is 12.0. The van der Waals surface area contributed by atoms with Crippen LogP contribution in [0.4, 0.5) is 5.00 Å². The molecule has 0 fully saturated rings. The number of thiophene rings is 1. The van der Waals surface area contributed by atoms with E-state index in [0.29, 0.717) is 5.75 Å². The molecule has 0 radical (unpaired) electrons. The molecule has 9 heteroatoms. The quantitative estimate of drug-likeness (QED) is 0.525. The number of para-hydroxylation sites is 1. The third kappa shape index (κ3) is 5.01. The van der Waals surface area contributed by atoms with Gasteiger partial charge in [-0.3, -0.25) is 4.79 Å². The van der Waals surface area contributed by atoms with Crippen LogP contribution in [0.15, 0.2) is 24.3 Å². The number of esters is 3. The molecular formula is C19H21NO7S. The number of aryl methyl sites for hydroxylation is 1. The van der Waals surface area contributed by atoms with Crippen molar-refractivity contribution < 1.29 is 33.3 Å². The fourth-order valence-corrected chi connectivity index (χ4v) is 3.37. The van der Waals surface area contributed by atoms with E-state index in [1.54, 1.807) is 6.07 Å². The second-order valence-corrected chi connectivity index (χ2v) is 6.71. The van der Waals surface area contributed by atoms with Crippen LogP contribution < -0.4 is 10.5 Å². The Morgan fingerprint density at radius 2 is 1.75 bits per heavy atom. The smallest absolute Gasteiger partial charge is 0.348 e. The number of carbonyl (C=O) groups is 3. The average molecular weight is 407 g/mol. The number of methoxy groups -OCH3 is 2. The van der Waals surface area contributed by atoms with Crippen LogP contribution in [0.3, 0.4) is 0 Å². The molecule has 0 atom stereocenters. The number of hydrogen-bond donors (Lipinski definition) is 1. The summed E-state index contributed by atoms with van der Waals surface area (Å²) in [6.45, 7) is 1.71. The molecule has 0 amide bonds. The summed E-state index contributed by atoms with van der Waals surface area (Å²) in [6, 6.07) is 7.43. The summed E-state index contributed by atoms with van der Waals surface area (Å²) in [5.41, 5.74) is 6.94. The van der Waals surface area contributed by atoms with Gasteiger partial charge in [-0.05, 0) is 18.6 Å². The molecule has 0 spiro atoms.